The minimum Gasteiger partial charge on any atom is -0.497 e. The molecule has 5 heterocycles. The second-order valence-electron chi connectivity index (χ2n) is 8.86. The van der Waals surface area contributed by atoms with E-state index in [2.05, 4.69) is 25.9 Å². The lowest BCUT2D eigenvalue weighted by molar-refractivity contribution is -0.125. The number of methoxy groups -OCH3 is 1. The van der Waals surface area contributed by atoms with E-state index in [0.29, 0.717) is 34.8 Å². The van der Waals surface area contributed by atoms with E-state index < -0.39 is 17.5 Å². The van der Waals surface area contributed by atoms with Crippen LogP contribution < -0.4 is 20.7 Å². The fourth-order valence-electron chi connectivity index (χ4n) is 4.70. The molecular weight excluding hydrogens is 476 g/mol. The summed E-state index contributed by atoms with van der Waals surface area (Å²) in [6, 6.07) is 13.5. The maximum Gasteiger partial charge on any atom is 0.322 e. The summed E-state index contributed by atoms with van der Waals surface area (Å²) in [6.07, 6.45) is 3.45. The minimum absolute atomic E-state index is 0.114. The third kappa shape index (κ3) is 3.90. The number of imide groups is 1. The molecular formula is C26H22N6O5. The lowest BCUT2D eigenvalue weighted by atomic mass is 9.92. The van der Waals surface area contributed by atoms with Crippen LogP contribution in [0.5, 0.6) is 5.75 Å². The highest BCUT2D eigenvalue weighted by Crippen LogP contribution is 2.35. The van der Waals surface area contributed by atoms with Crippen molar-refractivity contribution in [2.75, 3.05) is 19.0 Å². The summed E-state index contributed by atoms with van der Waals surface area (Å²) in [5, 5.41) is 8.22. The van der Waals surface area contributed by atoms with Gasteiger partial charge in [0, 0.05) is 49.2 Å². The predicted octanol–water partition coefficient (Wildman–Crippen LogP) is 3.06. The predicted molar refractivity (Wildman–Crippen MR) is 132 cm³/mol. The molecule has 1 aromatic carbocycles. The van der Waals surface area contributed by atoms with Crippen LogP contribution in [0.2, 0.25) is 0 Å². The van der Waals surface area contributed by atoms with Gasteiger partial charge in [-0.15, -0.1) is 0 Å². The Hall–Kier alpha value is -4.93. The molecule has 1 atom stereocenters. The zero-order valence-electron chi connectivity index (χ0n) is 19.8. The Morgan fingerprint density at radius 2 is 1.95 bits per heavy atom. The first-order chi connectivity index (χ1) is 17.9. The van der Waals surface area contributed by atoms with E-state index in [1.165, 1.54) is 0 Å². The molecule has 37 heavy (non-hydrogen) atoms. The monoisotopic (exact) mass is 498 g/mol. The van der Waals surface area contributed by atoms with E-state index in [-0.39, 0.29) is 24.6 Å². The Morgan fingerprint density at radius 1 is 1.11 bits per heavy atom. The fourth-order valence-corrected chi connectivity index (χ4v) is 4.70. The summed E-state index contributed by atoms with van der Waals surface area (Å²) in [4.78, 5) is 48.5. The van der Waals surface area contributed by atoms with E-state index in [4.69, 9.17) is 9.15 Å². The van der Waals surface area contributed by atoms with Gasteiger partial charge in [0.25, 0.3) is 11.8 Å². The van der Waals surface area contributed by atoms with Gasteiger partial charge in [0.05, 0.1) is 7.11 Å². The molecule has 4 aromatic rings. The van der Waals surface area contributed by atoms with Gasteiger partial charge in [-0.05, 0) is 42.0 Å². The number of benzene rings is 1. The van der Waals surface area contributed by atoms with E-state index in [1.807, 2.05) is 18.2 Å². The molecule has 1 saturated heterocycles. The third-order valence-corrected chi connectivity index (χ3v) is 6.64. The quantitative estimate of drug-likeness (QED) is 0.331. The highest BCUT2D eigenvalue weighted by Gasteiger charge is 2.50. The summed E-state index contributed by atoms with van der Waals surface area (Å²) < 4.78 is 11.3. The van der Waals surface area contributed by atoms with Crippen LogP contribution in [0.1, 0.15) is 28.1 Å². The Kier molecular flexibility index (Phi) is 5.25. The van der Waals surface area contributed by atoms with E-state index >= 15 is 0 Å². The Labute approximate surface area is 210 Å². The van der Waals surface area contributed by atoms with Crippen molar-refractivity contribution in [1.29, 1.82) is 0 Å². The van der Waals surface area contributed by atoms with Crippen molar-refractivity contribution in [3.05, 3.63) is 77.8 Å². The molecule has 0 aliphatic carbocycles. The number of anilines is 2. The fraction of sp³-hybridized carbons (Fsp3) is 0.192. The van der Waals surface area contributed by atoms with Crippen molar-refractivity contribution in [1.82, 2.24) is 25.5 Å². The molecule has 0 bridgehead atoms. The summed E-state index contributed by atoms with van der Waals surface area (Å²) in [5.74, 6) is 0.714. The van der Waals surface area contributed by atoms with Crippen LogP contribution >= 0.6 is 0 Å². The SMILES string of the molecule is COc1ccc2c(c1)C(=O)N(CCC1(c3cc4nc(Nc5ccncc5)ccc4o3)NC(=O)NC1=O)C2. The lowest BCUT2D eigenvalue weighted by Crippen LogP contribution is -2.46. The smallest absolute Gasteiger partial charge is 0.322 e. The molecule has 186 valence electrons. The second kappa shape index (κ2) is 8.63. The topological polar surface area (TPSA) is 139 Å². The highest BCUT2D eigenvalue weighted by atomic mass is 16.5. The maximum absolute atomic E-state index is 13.1. The number of hydrogen-bond donors (Lipinski definition) is 3. The average molecular weight is 498 g/mol. The van der Waals surface area contributed by atoms with Gasteiger partial charge >= 0.3 is 6.03 Å². The maximum atomic E-state index is 13.1. The van der Waals surface area contributed by atoms with Crippen molar-refractivity contribution in [3.63, 3.8) is 0 Å². The third-order valence-electron chi connectivity index (χ3n) is 6.64. The Balaban J connectivity index is 1.27. The highest BCUT2D eigenvalue weighted by molar-refractivity contribution is 6.07. The number of carbonyl (C=O) groups is 3. The molecule has 4 amide bonds. The number of nitrogens with one attached hydrogen (secondary N) is 3. The van der Waals surface area contributed by atoms with Gasteiger partial charge in [0.1, 0.15) is 22.8 Å². The van der Waals surface area contributed by atoms with Crippen molar-refractivity contribution in [2.45, 2.75) is 18.5 Å². The van der Waals surface area contributed by atoms with Gasteiger partial charge in [-0.3, -0.25) is 19.9 Å². The van der Waals surface area contributed by atoms with Gasteiger partial charge in [0.15, 0.2) is 11.1 Å². The zero-order valence-corrected chi connectivity index (χ0v) is 19.8. The van der Waals surface area contributed by atoms with Crippen LogP contribution in [0.3, 0.4) is 0 Å². The number of fused-ring (bicyclic) bond motifs is 2. The number of urea groups is 1. The van der Waals surface area contributed by atoms with Gasteiger partial charge < -0.3 is 24.7 Å². The number of amides is 4. The lowest BCUT2D eigenvalue weighted by Gasteiger charge is -2.26. The molecule has 2 aliphatic heterocycles. The van der Waals surface area contributed by atoms with Crippen molar-refractivity contribution in [2.24, 2.45) is 0 Å². The Bertz CT molecular complexity index is 1550. The molecule has 0 saturated carbocycles. The number of carbonyl (C=O) groups excluding carboxylic acids is 3. The second-order valence-corrected chi connectivity index (χ2v) is 8.86. The van der Waals surface area contributed by atoms with Crippen molar-refractivity contribution >= 4 is 40.5 Å². The largest absolute Gasteiger partial charge is 0.497 e. The number of hydrogen-bond acceptors (Lipinski definition) is 8. The standard InChI is InChI=1S/C26H22N6O5/c1-36-17-3-2-15-14-32(23(33)18(15)12-17)11-8-26(24(34)30-25(35)31-26)21-13-19-20(37-21)4-5-22(29-19)28-16-6-9-27-10-7-16/h2-7,9-10,12-13H,8,11,14H2,1H3,(H,27,28,29)(H2,30,31,34,35). The molecule has 1 fully saturated rings. The molecule has 2 aliphatic rings. The van der Waals surface area contributed by atoms with Crippen LogP contribution in [0.4, 0.5) is 16.3 Å². The molecule has 3 aromatic heterocycles. The van der Waals surface area contributed by atoms with Crippen LogP contribution in [-0.4, -0.2) is 46.4 Å². The van der Waals surface area contributed by atoms with E-state index in [9.17, 15) is 14.4 Å². The van der Waals surface area contributed by atoms with Gasteiger partial charge in [-0.1, -0.05) is 6.07 Å². The van der Waals surface area contributed by atoms with Gasteiger partial charge in [-0.2, -0.15) is 0 Å². The normalized spacial score (nSPS) is 18.6. The summed E-state index contributed by atoms with van der Waals surface area (Å²) >= 11 is 0. The molecule has 0 spiro atoms. The minimum atomic E-state index is -1.48. The van der Waals surface area contributed by atoms with Crippen LogP contribution in [0, 0.1) is 0 Å². The molecule has 1 unspecified atom stereocenters. The Morgan fingerprint density at radius 3 is 2.70 bits per heavy atom. The number of aromatic nitrogens is 2. The molecule has 11 heteroatoms. The summed E-state index contributed by atoms with van der Waals surface area (Å²) in [5.41, 5.74) is 1.75. The van der Waals surface area contributed by atoms with Gasteiger partial charge in [0.2, 0.25) is 0 Å². The van der Waals surface area contributed by atoms with Crippen molar-refractivity contribution in [3.8, 4) is 5.75 Å². The summed E-state index contributed by atoms with van der Waals surface area (Å²) in [7, 11) is 1.55. The zero-order chi connectivity index (χ0) is 25.6. The summed E-state index contributed by atoms with van der Waals surface area (Å²) in [6.45, 7) is 0.610. The molecule has 11 nitrogen and oxygen atoms in total. The first kappa shape index (κ1) is 22.5. The molecule has 6 rings (SSSR count). The van der Waals surface area contributed by atoms with E-state index in [0.717, 1.165) is 11.3 Å². The first-order valence-corrected chi connectivity index (χ1v) is 11.6. The number of furan rings is 1. The molecule has 3 N–H and O–H groups in total. The average Bonchev–Trinajstić information content (AvgIpc) is 3.56. The number of ether oxygens (including phenoxy) is 1. The molecule has 0 radical (unpaired) electrons. The number of rotatable bonds is 7. The number of pyridine rings is 2. The number of nitrogens with zero attached hydrogens (tertiary/aromatic N) is 3. The first-order valence-electron chi connectivity index (χ1n) is 11.6. The van der Waals surface area contributed by atoms with Gasteiger partial charge in [-0.25, -0.2) is 9.78 Å². The van der Waals surface area contributed by atoms with Crippen LogP contribution in [-0.2, 0) is 16.9 Å². The van der Waals surface area contributed by atoms with Crippen molar-refractivity contribution < 1.29 is 23.5 Å². The van der Waals surface area contributed by atoms with E-state index in [1.54, 1.807) is 54.7 Å². The van der Waals surface area contributed by atoms with Crippen LogP contribution in [0.15, 0.2) is 65.3 Å². The van der Waals surface area contributed by atoms with Crippen LogP contribution in [0.25, 0.3) is 11.1 Å².